The predicted octanol–water partition coefficient (Wildman–Crippen LogP) is 7.87. The Morgan fingerprint density at radius 1 is 0.523 bits per heavy atom. The Bertz CT molecular complexity index is 2330. The van der Waals surface area contributed by atoms with Crippen molar-refractivity contribution in [2.45, 2.75) is 57.0 Å². The molecule has 350 valence electrons. The summed E-state index contributed by atoms with van der Waals surface area (Å²) in [7, 11) is 17.7. The average molecular weight is 897 g/mol. The van der Waals surface area contributed by atoms with E-state index in [0.29, 0.717) is 65.3 Å². The second-order valence-electron chi connectivity index (χ2n) is 17.4. The molecule has 6 rings (SSSR count). The van der Waals surface area contributed by atoms with Crippen molar-refractivity contribution in [2.24, 2.45) is 0 Å². The molecule has 4 aromatic rings. The van der Waals surface area contributed by atoms with Crippen LogP contribution in [0.5, 0.6) is 46.0 Å². The molecule has 65 heavy (non-hydrogen) atoms. The topological polar surface area (TPSA) is 117 Å². The zero-order valence-electron chi connectivity index (χ0n) is 40.0. The summed E-state index contributed by atoms with van der Waals surface area (Å²) in [5.74, 6) is 4.91. The van der Waals surface area contributed by atoms with Crippen LogP contribution in [0, 0.1) is 0 Å². The van der Waals surface area contributed by atoms with Gasteiger partial charge in [-0.15, -0.1) is 0 Å². The fourth-order valence-electron chi connectivity index (χ4n) is 9.83. The van der Waals surface area contributed by atoms with Crippen LogP contribution in [0.1, 0.15) is 64.7 Å². The molecule has 0 spiro atoms. The van der Waals surface area contributed by atoms with Crippen LogP contribution in [0.4, 0.5) is 0 Å². The molecule has 0 fully saturated rings. The third-order valence-corrected chi connectivity index (χ3v) is 13.6. The third-order valence-electron chi connectivity index (χ3n) is 13.6. The van der Waals surface area contributed by atoms with E-state index in [1.807, 2.05) is 24.3 Å². The lowest BCUT2D eigenvalue weighted by Gasteiger charge is -2.46. The van der Waals surface area contributed by atoms with Crippen LogP contribution in [-0.2, 0) is 40.0 Å². The summed E-state index contributed by atoms with van der Waals surface area (Å²) in [4.78, 5) is 26.1. The summed E-state index contributed by atoms with van der Waals surface area (Å²) < 4.78 is 52.2. The van der Waals surface area contributed by atoms with Crippen LogP contribution in [0.25, 0.3) is 0 Å². The number of hydrogen-bond acceptors (Lipinski definition) is 11. The number of likely N-dealkylation sites (N-methyl/N-ethyl adjacent to an activating group) is 2. The molecule has 0 saturated carbocycles. The van der Waals surface area contributed by atoms with Crippen molar-refractivity contribution in [1.29, 1.82) is 0 Å². The fourth-order valence-corrected chi connectivity index (χ4v) is 9.83. The van der Waals surface area contributed by atoms with E-state index in [-0.39, 0.29) is 24.5 Å². The van der Waals surface area contributed by atoms with Gasteiger partial charge in [-0.2, -0.15) is 0 Å². The van der Waals surface area contributed by atoms with Crippen LogP contribution in [0.3, 0.4) is 0 Å². The second kappa shape index (κ2) is 21.8. The third kappa shape index (κ3) is 11.1. The largest absolute Gasteiger partial charge is 0.493 e. The van der Waals surface area contributed by atoms with Crippen molar-refractivity contribution in [3.05, 3.63) is 106 Å². The van der Waals surface area contributed by atoms with Gasteiger partial charge in [-0.3, -0.25) is 4.79 Å². The highest BCUT2D eigenvalue weighted by atomic mass is 16.5. The minimum absolute atomic E-state index is 0.0779. The van der Waals surface area contributed by atoms with Crippen LogP contribution in [-0.4, -0.2) is 124 Å². The number of ether oxygens (including phenoxy) is 9. The van der Waals surface area contributed by atoms with Gasteiger partial charge in [0.05, 0.1) is 104 Å². The van der Waals surface area contributed by atoms with Crippen LogP contribution < -0.4 is 37.9 Å². The summed E-state index contributed by atoms with van der Waals surface area (Å²) >= 11 is 0. The normalized spacial score (nSPS) is 20.0. The van der Waals surface area contributed by atoms with Gasteiger partial charge in [-0.1, -0.05) is 12.1 Å². The molecule has 0 unspecified atom stereocenters. The van der Waals surface area contributed by atoms with Gasteiger partial charge in [0.15, 0.2) is 51.8 Å². The first kappa shape index (κ1) is 48.5. The van der Waals surface area contributed by atoms with E-state index in [1.54, 1.807) is 56.9 Å². The summed E-state index contributed by atoms with van der Waals surface area (Å²) in [6, 6.07) is 20.7. The van der Waals surface area contributed by atoms with Crippen molar-refractivity contribution in [3.63, 3.8) is 0 Å². The number of allylic oxidation sites excluding steroid dienone is 1. The molecule has 0 bridgehead atoms. The molecule has 2 aliphatic heterocycles. The molecule has 0 amide bonds. The number of ketones is 1. The van der Waals surface area contributed by atoms with E-state index in [1.165, 1.54) is 34.4 Å². The van der Waals surface area contributed by atoms with E-state index in [4.69, 9.17) is 42.6 Å². The molecule has 0 saturated heterocycles. The molecule has 2 aliphatic rings. The number of carbonyl (C=O) groups excluding carboxylic acids is 2. The summed E-state index contributed by atoms with van der Waals surface area (Å²) in [6.45, 7) is 3.57. The number of benzene rings is 4. The maximum atomic E-state index is 13.2. The number of esters is 1. The fraction of sp³-hybridized carbons (Fsp3) is 0.462. The Morgan fingerprint density at radius 2 is 0.923 bits per heavy atom. The van der Waals surface area contributed by atoms with Crippen molar-refractivity contribution in [1.82, 2.24) is 0 Å². The predicted molar refractivity (Wildman–Crippen MR) is 249 cm³/mol. The van der Waals surface area contributed by atoms with Crippen molar-refractivity contribution in [3.8, 4) is 46.0 Å². The number of carbonyl (C=O) groups is 2. The molecular formula is C52H68N2O11+2. The lowest BCUT2D eigenvalue weighted by molar-refractivity contribution is -0.941. The molecule has 13 nitrogen and oxygen atoms in total. The minimum Gasteiger partial charge on any atom is -0.493 e. The van der Waals surface area contributed by atoms with E-state index in [0.717, 1.165) is 72.0 Å². The molecule has 4 atom stereocenters. The number of nitrogens with zero attached hydrogens (tertiary/aromatic N) is 2. The number of fused-ring (bicyclic) bond motifs is 2. The minimum atomic E-state index is -0.519. The number of quaternary nitrogens is 2. The Morgan fingerprint density at radius 3 is 1.35 bits per heavy atom. The quantitative estimate of drug-likeness (QED) is 0.0332. The lowest BCUT2D eigenvalue weighted by Crippen LogP contribution is -2.52. The molecule has 13 heteroatoms. The SMILES string of the molecule is COc1ccc(C[C@@H]2c3cc(OC)c(OC)cc3CC[N@@+]2(C)CCCOC(=O)/C=C\C(=O)CCC[N@+]2(C)CCc3cc(OC)c(OC)cc3[C@H]2Cc2ccc(OC)c(OC)c2)cc1OC. The lowest BCUT2D eigenvalue weighted by atomic mass is 9.86. The van der Waals surface area contributed by atoms with Gasteiger partial charge in [0.1, 0.15) is 12.1 Å². The Balaban J connectivity index is 1.07. The molecule has 0 aromatic heterocycles. The van der Waals surface area contributed by atoms with Gasteiger partial charge in [0.2, 0.25) is 0 Å². The van der Waals surface area contributed by atoms with Gasteiger partial charge >= 0.3 is 5.97 Å². The molecule has 0 aliphatic carbocycles. The Kier molecular flexibility index (Phi) is 16.3. The average Bonchev–Trinajstić information content (AvgIpc) is 3.33. The van der Waals surface area contributed by atoms with Crippen LogP contribution >= 0.6 is 0 Å². The standard InChI is InChI=1S/C52H68N2O11/c1-53(24-20-37-31-48(61-7)50(63-9)33-40(37)42(53)27-35-14-17-44(57-3)46(29-35)59-5)22-11-13-39(55)16-19-52(56)65-26-12-23-54(2)25-21-38-32-49(62-8)51(64-10)34-41(38)43(54)28-36-15-18-45(58-4)47(30-36)60-6/h14-19,29-34,42-43H,11-13,20-28H2,1-10H3/q+2/b19-16-/t42-,43-,53-,54-/m1/s1. The number of hydrogen-bond donors (Lipinski definition) is 0. The van der Waals surface area contributed by atoms with E-state index in [9.17, 15) is 9.59 Å². The van der Waals surface area contributed by atoms with Crippen molar-refractivity contribution < 1.29 is 61.2 Å². The van der Waals surface area contributed by atoms with Crippen molar-refractivity contribution in [2.75, 3.05) is 104 Å². The van der Waals surface area contributed by atoms with E-state index in [2.05, 4.69) is 50.5 Å². The molecule has 0 radical (unpaired) electrons. The maximum absolute atomic E-state index is 13.2. The first-order valence-corrected chi connectivity index (χ1v) is 22.3. The molecule has 2 heterocycles. The zero-order valence-corrected chi connectivity index (χ0v) is 40.0. The van der Waals surface area contributed by atoms with Crippen LogP contribution in [0.2, 0.25) is 0 Å². The van der Waals surface area contributed by atoms with Gasteiger partial charge in [-0.05, 0) is 76.9 Å². The highest BCUT2D eigenvalue weighted by Gasteiger charge is 2.41. The van der Waals surface area contributed by atoms with Crippen molar-refractivity contribution >= 4 is 11.8 Å². The Hall–Kier alpha value is -5.92. The number of rotatable bonds is 22. The maximum Gasteiger partial charge on any atom is 0.330 e. The molecule has 4 aromatic carbocycles. The molecule has 0 N–H and O–H groups in total. The van der Waals surface area contributed by atoms with Gasteiger partial charge in [0, 0.05) is 62.1 Å². The zero-order chi connectivity index (χ0) is 46.7. The number of methoxy groups -OCH3 is 8. The molecular weight excluding hydrogens is 829 g/mol. The smallest absolute Gasteiger partial charge is 0.330 e. The monoisotopic (exact) mass is 896 g/mol. The van der Waals surface area contributed by atoms with E-state index < -0.39 is 5.97 Å². The Labute approximate surface area is 384 Å². The van der Waals surface area contributed by atoms with Crippen LogP contribution in [0.15, 0.2) is 72.8 Å². The van der Waals surface area contributed by atoms with E-state index >= 15 is 0 Å². The second-order valence-corrected chi connectivity index (χ2v) is 17.4. The van der Waals surface area contributed by atoms with Gasteiger partial charge in [-0.25, -0.2) is 4.79 Å². The van der Waals surface area contributed by atoms with Gasteiger partial charge in [0.25, 0.3) is 0 Å². The highest BCUT2D eigenvalue weighted by molar-refractivity contribution is 5.95. The first-order valence-electron chi connectivity index (χ1n) is 22.3. The summed E-state index contributed by atoms with van der Waals surface area (Å²) in [6.07, 6.45) is 7.47. The van der Waals surface area contributed by atoms with Gasteiger partial charge < -0.3 is 51.6 Å². The highest BCUT2D eigenvalue weighted by Crippen LogP contribution is 2.45. The first-order chi connectivity index (χ1) is 31.4. The summed E-state index contributed by atoms with van der Waals surface area (Å²) in [5, 5.41) is 0. The summed E-state index contributed by atoms with van der Waals surface area (Å²) in [5.41, 5.74) is 7.11.